The van der Waals surface area contributed by atoms with Gasteiger partial charge >= 0.3 is 0 Å². The number of aromatic nitrogens is 4. The van der Waals surface area contributed by atoms with Gasteiger partial charge in [0.25, 0.3) is 0 Å². The third-order valence-corrected chi connectivity index (χ3v) is 2.77. The first-order valence-electron chi connectivity index (χ1n) is 5.68. The molecule has 0 saturated carbocycles. The van der Waals surface area contributed by atoms with Crippen molar-refractivity contribution in [2.24, 2.45) is 0 Å². The van der Waals surface area contributed by atoms with Gasteiger partial charge in [-0.15, -0.1) is 0 Å². The van der Waals surface area contributed by atoms with E-state index in [-0.39, 0.29) is 0 Å². The molecule has 0 aliphatic carbocycles. The van der Waals surface area contributed by atoms with E-state index < -0.39 is 0 Å². The fourth-order valence-electron chi connectivity index (χ4n) is 1.89. The number of nitrogens with zero attached hydrogens (tertiary/aromatic N) is 5. The molecule has 2 heterocycles. The summed E-state index contributed by atoms with van der Waals surface area (Å²) in [5.74, 6) is 0. The van der Waals surface area contributed by atoms with Crippen molar-refractivity contribution in [3.63, 3.8) is 0 Å². The Hall–Kier alpha value is -3.00. The van der Waals surface area contributed by atoms with Crippen LogP contribution in [-0.4, -0.2) is 19.7 Å². The van der Waals surface area contributed by atoms with Crippen LogP contribution < -0.4 is 0 Å². The Morgan fingerprint density at radius 1 is 1.11 bits per heavy atom. The van der Waals surface area contributed by atoms with Gasteiger partial charge in [0.05, 0.1) is 47.9 Å². The van der Waals surface area contributed by atoms with E-state index in [0.717, 1.165) is 16.9 Å². The van der Waals surface area contributed by atoms with Crippen molar-refractivity contribution in [2.75, 3.05) is 0 Å². The molecule has 0 N–H and O–H groups in total. The average Bonchev–Trinajstić information content (AvgIpc) is 2.98. The summed E-state index contributed by atoms with van der Waals surface area (Å²) in [6, 6.07) is 11.4. The van der Waals surface area contributed by atoms with Crippen molar-refractivity contribution in [2.45, 2.75) is 0 Å². The SMILES string of the molecule is N#Cc1cccc(-c2cncn2-c2ccnnc2)c1. The van der Waals surface area contributed by atoms with E-state index in [1.807, 2.05) is 28.8 Å². The standard InChI is InChI=1S/C14H9N5/c15-7-11-2-1-3-12(6-11)14-9-16-10-19(14)13-4-5-17-18-8-13/h1-6,8-10H. The lowest BCUT2D eigenvalue weighted by atomic mass is 10.1. The Balaban J connectivity index is 2.13. The summed E-state index contributed by atoms with van der Waals surface area (Å²) in [6.07, 6.45) is 6.77. The van der Waals surface area contributed by atoms with Gasteiger partial charge in [-0.1, -0.05) is 12.1 Å². The molecule has 1 aromatic carbocycles. The Labute approximate surface area is 109 Å². The molecule has 0 fully saturated rings. The van der Waals surface area contributed by atoms with E-state index in [1.54, 1.807) is 31.0 Å². The molecular formula is C14H9N5. The predicted molar refractivity (Wildman–Crippen MR) is 69.3 cm³/mol. The third kappa shape index (κ3) is 2.07. The van der Waals surface area contributed by atoms with Gasteiger partial charge in [0.2, 0.25) is 0 Å². The maximum absolute atomic E-state index is 8.96. The van der Waals surface area contributed by atoms with Gasteiger partial charge in [-0.05, 0) is 18.2 Å². The third-order valence-electron chi connectivity index (χ3n) is 2.77. The maximum Gasteiger partial charge on any atom is 0.0997 e. The quantitative estimate of drug-likeness (QED) is 0.696. The maximum atomic E-state index is 8.96. The van der Waals surface area contributed by atoms with E-state index in [0.29, 0.717) is 5.56 Å². The van der Waals surface area contributed by atoms with Crippen LogP contribution in [0, 0.1) is 11.3 Å². The van der Waals surface area contributed by atoms with Crippen LogP contribution in [0.15, 0.2) is 55.2 Å². The summed E-state index contributed by atoms with van der Waals surface area (Å²) in [5.41, 5.74) is 3.35. The van der Waals surface area contributed by atoms with Crippen molar-refractivity contribution in [1.29, 1.82) is 5.26 Å². The van der Waals surface area contributed by atoms with Gasteiger partial charge in [0.1, 0.15) is 0 Å². The topological polar surface area (TPSA) is 67.4 Å². The van der Waals surface area contributed by atoms with Crippen molar-refractivity contribution in [3.05, 3.63) is 60.8 Å². The van der Waals surface area contributed by atoms with Gasteiger partial charge in [-0.25, -0.2) is 4.98 Å². The molecule has 3 aromatic rings. The van der Waals surface area contributed by atoms with E-state index in [2.05, 4.69) is 21.3 Å². The summed E-state index contributed by atoms with van der Waals surface area (Å²) >= 11 is 0. The molecule has 3 rings (SSSR count). The molecular weight excluding hydrogens is 238 g/mol. The van der Waals surface area contributed by atoms with Crippen molar-refractivity contribution >= 4 is 0 Å². The molecule has 0 atom stereocenters. The number of hydrogen-bond acceptors (Lipinski definition) is 4. The van der Waals surface area contributed by atoms with Crippen LogP contribution >= 0.6 is 0 Å². The van der Waals surface area contributed by atoms with Crippen LogP contribution in [-0.2, 0) is 0 Å². The lowest BCUT2D eigenvalue weighted by molar-refractivity contribution is 0.973. The smallest absolute Gasteiger partial charge is 0.0997 e. The summed E-state index contributed by atoms with van der Waals surface area (Å²) in [4.78, 5) is 4.16. The fourth-order valence-corrected chi connectivity index (χ4v) is 1.89. The number of imidazole rings is 1. The lowest BCUT2D eigenvalue weighted by Gasteiger charge is -2.07. The van der Waals surface area contributed by atoms with E-state index in [9.17, 15) is 0 Å². The molecule has 19 heavy (non-hydrogen) atoms. The number of benzene rings is 1. The summed E-state index contributed by atoms with van der Waals surface area (Å²) in [7, 11) is 0. The summed E-state index contributed by atoms with van der Waals surface area (Å²) in [6.45, 7) is 0. The first-order valence-corrected chi connectivity index (χ1v) is 5.68. The zero-order valence-corrected chi connectivity index (χ0v) is 9.93. The van der Waals surface area contributed by atoms with Crippen molar-refractivity contribution < 1.29 is 0 Å². The van der Waals surface area contributed by atoms with Gasteiger partial charge in [-0.3, -0.25) is 4.57 Å². The molecule has 0 aliphatic heterocycles. The zero-order chi connectivity index (χ0) is 13.1. The lowest BCUT2D eigenvalue weighted by Crippen LogP contribution is -1.96. The zero-order valence-electron chi connectivity index (χ0n) is 9.93. The minimum Gasteiger partial charge on any atom is -0.297 e. The van der Waals surface area contributed by atoms with Gasteiger partial charge in [-0.2, -0.15) is 15.5 Å². The molecule has 0 bridgehead atoms. The highest BCUT2D eigenvalue weighted by Crippen LogP contribution is 2.22. The number of nitriles is 1. The van der Waals surface area contributed by atoms with Crippen LogP contribution in [0.3, 0.4) is 0 Å². The summed E-state index contributed by atoms with van der Waals surface area (Å²) < 4.78 is 1.91. The largest absolute Gasteiger partial charge is 0.297 e. The molecule has 0 saturated heterocycles. The highest BCUT2D eigenvalue weighted by atomic mass is 15.1. The van der Waals surface area contributed by atoms with Crippen LogP contribution in [0.5, 0.6) is 0 Å². The minimum atomic E-state index is 0.623. The summed E-state index contributed by atoms with van der Waals surface area (Å²) in [5, 5.41) is 16.6. The highest BCUT2D eigenvalue weighted by molar-refractivity contribution is 5.63. The Morgan fingerprint density at radius 3 is 2.84 bits per heavy atom. The monoisotopic (exact) mass is 247 g/mol. The minimum absolute atomic E-state index is 0.623. The molecule has 0 amide bonds. The molecule has 2 aromatic heterocycles. The normalized spacial score (nSPS) is 10.1. The number of rotatable bonds is 2. The van der Waals surface area contributed by atoms with Crippen LogP contribution in [0.2, 0.25) is 0 Å². The molecule has 5 nitrogen and oxygen atoms in total. The average molecular weight is 247 g/mol. The second-order valence-electron chi connectivity index (χ2n) is 3.94. The molecule has 5 heteroatoms. The Bertz CT molecular complexity index is 740. The predicted octanol–water partition coefficient (Wildman–Crippen LogP) is 2.20. The van der Waals surface area contributed by atoms with Crippen LogP contribution in [0.25, 0.3) is 16.9 Å². The van der Waals surface area contributed by atoms with E-state index in [1.165, 1.54) is 0 Å². The van der Waals surface area contributed by atoms with Gasteiger partial charge in [0.15, 0.2) is 0 Å². The molecule has 90 valence electrons. The second kappa shape index (κ2) is 4.70. The molecule has 0 aliphatic rings. The van der Waals surface area contributed by atoms with Crippen molar-refractivity contribution in [1.82, 2.24) is 19.7 Å². The number of hydrogen-bond donors (Lipinski definition) is 0. The molecule has 0 radical (unpaired) electrons. The van der Waals surface area contributed by atoms with Gasteiger partial charge < -0.3 is 0 Å². The van der Waals surface area contributed by atoms with Crippen LogP contribution in [0.1, 0.15) is 5.56 Å². The molecule has 0 unspecified atom stereocenters. The Morgan fingerprint density at radius 2 is 2.05 bits per heavy atom. The van der Waals surface area contributed by atoms with Crippen molar-refractivity contribution in [3.8, 4) is 23.0 Å². The Kier molecular flexibility index (Phi) is 2.75. The molecule has 0 spiro atoms. The fraction of sp³-hybridized carbons (Fsp3) is 0. The van der Waals surface area contributed by atoms with E-state index >= 15 is 0 Å². The van der Waals surface area contributed by atoms with Crippen LogP contribution in [0.4, 0.5) is 0 Å². The highest BCUT2D eigenvalue weighted by Gasteiger charge is 2.07. The second-order valence-corrected chi connectivity index (χ2v) is 3.94. The van der Waals surface area contributed by atoms with Gasteiger partial charge in [0, 0.05) is 5.56 Å². The first kappa shape index (κ1) is 11.1. The van der Waals surface area contributed by atoms with E-state index in [4.69, 9.17) is 5.26 Å². The first-order chi connectivity index (χ1) is 9.38.